The summed E-state index contributed by atoms with van der Waals surface area (Å²) in [6, 6.07) is 0. The minimum atomic E-state index is -4.97. The number of alkyl halides is 3. The van der Waals surface area contributed by atoms with Gasteiger partial charge in [0.05, 0.1) is 15.7 Å². The first-order valence-corrected chi connectivity index (χ1v) is 5.12. The van der Waals surface area contributed by atoms with Crippen molar-refractivity contribution in [3.63, 3.8) is 0 Å². The van der Waals surface area contributed by atoms with Gasteiger partial charge in [-0.3, -0.25) is 9.78 Å². The van der Waals surface area contributed by atoms with Gasteiger partial charge in [0.2, 0.25) is 0 Å². The van der Waals surface area contributed by atoms with Gasteiger partial charge in [0.15, 0.2) is 11.5 Å². The Kier molecular flexibility index (Phi) is 4.01. The average Bonchev–Trinajstić information content (AvgIpc) is 2.15. The fourth-order valence-electron chi connectivity index (χ4n) is 0.984. The van der Waals surface area contributed by atoms with Gasteiger partial charge in [-0.05, 0) is 22.6 Å². The maximum absolute atomic E-state index is 12.0. The minimum absolute atomic E-state index is 0.0773. The van der Waals surface area contributed by atoms with Crippen LogP contribution in [0.15, 0.2) is 6.20 Å². The van der Waals surface area contributed by atoms with Gasteiger partial charge >= 0.3 is 12.3 Å². The first-order chi connectivity index (χ1) is 7.70. The molecule has 5 nitrogen and oxygen atoms in total. The van der Waals surface area contributed by atoms with Crippen LogP contribution >= 0.6 is 22.6 Å². The molecule has 0 fully saturated rings. The molecule has 0 aliphatic rings. The van der Waals surface area contributed by atoms with Gasteiger partial charge in [0, 0.05) is 6.20 Å². The molecule has 0 saturated heterocycles. The van der Waals surface area contributed by atoms with Crippen LogP contribution in [-0.2, 0) is 11.2 Å². The molecule has 1 rings (SSSR count). The number of ether oxygens (including phenoxy) is 1. The monoisotopic (exact) mass is 363 g/mol. The van der Waals surface area contributed by atoms with E-state index in [9.17, 15) is 23.1 Å². The fourth-order valence-corrected chi connectivity index (χ4v) is 1.49. The second-order valence-electron chi connectivity index (χ2n) is 2.85. The van der Waals surface area contributed by atoms with Crippen molar-refractivity contribution in [2.45, 2.75) is 12.8 Å². The van der Waals surface area contributed by atoms with Crippen LogP contribution in [0.25, 0.3) is 0 Å². The lowest BCUT2D eigenvalue weighted by Crippen LogP contribution is -2.18. The SMILES string of the molecule is O=C(O)Cc1ncc(I)c(OC(F)(F)F)c1O. The fraction of sp³-hybridized carbons (Fsp3) is 0.250. The zero-order valence-corrected chi connectivity index (χ0v) is 10.1. The highest BCUT2D eigenvalue weighted by molar-refractivity contribution is 14.1. The molecule has 1 aromatic rings. The van der Waals surface area contributed by atoms with Crippen molar-refractivity contribution in [2.24, 2.45) is 0 Å². The Morgan fingerprint density at radius 2 is 2.12 bits per heavy atom. The summed E-state index contributed by atoms with van der Waals surface area (Å²) in [6.07, 6.45) is -4.68. The maximum atomic E-state index is 12.0. The molecule has 9 heteroatoms. The van der Waals surface area contributed by atoms with Gasteiger partial charge in [0.25, 0.3) is 0 Å². The average molecular weight is 363 g/mol. The summed E-state index contributed by atoms with van der Waals surface area (Å²) in [7, 11) is 0. The maximum Gasteiger partial charge on any atom is 0.573 e. The second kappa shape index (κ2) is 4.94. The zero-order valence-electron chi connectivity index (χ0n) is 7.95. The molecule has 2 N–H and O–H groups in total. The number of nitrogens with zero attached hydrogens (tertiary/aromatic N) is 1. The molecule has 0 bridgehead atoms. The van der Waals surface area contributed by atoms with Gasteiger partial charge in [-0.25, -0.2) is 0 Å². The van der Waals surface area contributed by atoms with Crippen molar-refractivity contribution in [3.05, 3.63) is 15.5 Å². The number of aromatic nitrogens is 1. The van der Waals surface area contributed by atoms with Crippen molar-refractivity contribution in [1.29, 1.82) is 0 Å². The number of carboxylic acids is 1. The van der Waals surface area contributed by atoms with Crippen molar-refractivity contribution in [3.8, 4) is 11.5 Å². The van der Waals surface area contributed by atoms with E-state index in [1.807, 2.05) is 0 Å². The summed E-state index contributed by atoms with van der Waals surface area (Å²) in [5.41, 5.74) is -0.392. The number of pyridine rings is 1. The zero-order chi connectivity index (χ0) is 13.2. The van der Waals surface area contributed by atoms with Crippen LogP contribution in [0.1, 0.15) is 5.69 Å². The second-order valence-corrected chi connectivity index (χ2v) is 4.01. The summed E-state index contributed by atoms with van der Waals surface area (Å²) in [5.74, 6) is -3.09. The third kappa shape index (κ3) is 3.91. The van der Waals surface area contributed by atoms with Gasteiger partial charge in [0.1, 0.15) is 0 Å². The van der Waals surface area contributed by atoms with E-state index in [0.29, 0.717) is 0 Å². The topological polar surface area (TPSA) is 79.7 Å². The highest BCUT2D eigenvalue weighted by atomic mass is 127. The highest BCUT2D eigenvalue weighted by Gasteiger charge is 2.34. The summed E-state index contributed by atoms with van der Waals surface area (Å²) < 4.78 is 39.6. The van der Waals surface area contributed by atoms with E-state index in [4.69, 9.17) is 5.11 Å². The van der Waals surface area contributed by atoms with Crippen molar-refractivity contribution in [2.75, 3.05) is 0 Å². The number of carbonyl (C=O) groups is 1. The predicted octanol–water partition coefficient (Wildman–Crippen LogP) is 1.92. The van der Waals surface area contributed by atoms with Crippen LogP contribution in [0.2, 0.25) is 0 Å². The number of halogens is 4. The summed E-state index contributed by atoms with van der Waals surface area (Å²) in [6.45, 7) is 0. The standard InChI is InChI=1S/C8H5F3INO4/c9-8(10,11)17-7-3(12)2-13-4(6(7)16)1-5(14)15/h2,16H,1H2,(H,14,15). The van der Waals surface area contributed by atoms with E-state index in [2.05, 4.69) is 9.72 Å². The largest absolute Gasteiger partial charge is 0.573 e. The summed E-state index contributed by atoms with van der Waals surface area (Å²) in [4.78, 5) is 13.9. The van der Waals surface area contributed by atoms with E-state index in [1.165, 1.54) is 22.6 Å². The third-order valence-electron chi connectivity index (χ3n) is 1.58. The summed E-state index contributed by atoms with van der Waals surface area (Å²) in [5, 5.41) is 17.9. The van der Waals surface area contributed by atoms with Crippen LogP contribution in [-0.4, -0.2) is 27.5 Å². The van der Waals surface area contributed by atoms with Crippen LogP contribution in [0, 0.1) is 3.57 Å². The highest BCUT2D eigenvalue weighted by Crippen LogP contribution is 2.37. The molecule has 0 unspecified atom stereocenters. The van der Waals surface area contributed by atoms with Crippen molar-refractivity contribution < 1.29 is 32.9 Å². The van der Waals surface area contributed by atoms with Crippen LogP contribution in [0.3, 0.4) is 0 Å². The molecule has 0 atom stereocenters. The Morgan fingerprint density at radius 3 is 2.59 bits per heavy atom. The number of hydrogen-bond donors (Lipinski definition) is 2. The van der Waals surface area contributed by atoms with Crippen LogP contribution < -0.4 is 4.74 Å². The summed E-state index contributed by atoms with van der Waals surface area (Å²) >= 11 is 1.48. The number of aromatic hydroxyl groups is 1. The molecule has 1 heterocycles. The van der Waals surface area contributed by atoms with Gasteiger partial charge < -0.3 is 14.9 Å². The molecule has 0 radical (unpaired) electrons. The van der Waals surface area contributed by atoms with E-state index < -0.39 is 35.9 Å². The molecular formula is C8H5F3INO4. The Bertz CT molecular complexity index is 449. The normalized spacial score (nSPS) is 11.3. The Balaban J connectivity index is 3.15. The number of carboxylic acid groups (broad SMARTS) is 1. The van der Waals surface area contributed by atoms with Gasteiger partial charge in [-0.15, -0.1) is 13.2 Å². The lowest BCUT2D eigenvalue weighted by atomic mass is 10.2. The quantitative estimate of drug-likeness (QED) is 0.803. The molecule has 0 aliphatic heterocycles. The molecule has 0 saturated carbocycles. The first-order valence-electron chi connectivity index (χ1n) is 4.04. The third-order valence-corrected chi connectivity index (χ3v) is 2.34. The molecule has 1 aromatic heterocycles. The molecule has 0 aliphatic carbocycles. The minimum Gasteiger partial charge on any atom is -0.503 e. The Morgan fingerprint density at radius 1 is 1.53 bits per heavy atom. The molecule has 0 aromatic carbocycles. The molecule has 94 valence electrons. The van der Waals surface area contributed by atoms with E-state index in [-0.39, 0.29) is 3.57 Å². The smallest absolute Gasteiger partial charge is 0.503 e. The Hall–Kier alpha value is -1.26. The van der Waals surface area contributed by atoms with Gasteiger partial charge in [-0.1, -0.05) is 0 Å². The first kappa shape index (κ1) is 13.8. The molecular weight excluding hydrogens is 358 g/mol. The van der Waals surface area contributed by atoms with Crippen molar-refractivity contribution >= 4 is 28.6 Å². The number of aliphatic carboxylic acids is 1. The van der Waals surface area contributed by atoms with Gasteiger partial charge in [-0.2, -0.15) is 0 Å². The lowest BCUT2D eigenvalue weighted by molar-refractivity contribution is -0.275. The van der Waals surface area contributed by atoms with E-state index in [0.717, 1.165) is 6.20 Å². The molecule has 0 spiro atoms. The number of hydrogen-bond acceptors (Lipinski definition) is 4. The van der Waals surface area contributed by atoms with E-state index >= 15 is 0 Å². The van der Waals surface area contributed by atoms with Crippen LogP contribution in [0.5, 0.6) is 11.5 Å². The molecule has 17 heavy (non-hydrogen) atoms. The van der Waals surface area contributed by atoms with E-state index in [1.54, 1.807) is 0 Å². The van der Waals surface area contributed by atoms with Crippen LogP contribution in [0.4, 0.5) is 13.2 Å². The predicted molar refractivity (Wildman–Crippen MR) is 56.6 cm³/mol. The lowest BCUT2D eigenvalue weighted by Gasteiger charge is -2.13. The molecule has 0 amide bonds. The van der Waals surface area contributed by atoms with Crippen molar-refractivity contribution in [1.82, 2.24) is 4.98 Å². The number of rotatable bonds is 3. The Labute approximate surface area is 106 Å².